The fourth-order valence-corrected chi connectivity index (χ4v) is 1.34. The van der Waals surface area contributed by atoms with Crippen molar-refractivity contribution in [2.75, 3.05) is 18.1 Å². The number of thiazole rings is 1. The molecule has 3 N–H and O–H groups in total. The molecule has 0 aromatic carbocycles. The molecule has 0 atom stereocenters. The topological polar surface area (TPSA) is 50.9 Å². The minimum absolute atomic E-state index is 0.622. The van der Waals surface area contributed by atoms with Gasteiger partial charge in [0, 0.05) is 7.05 Å². The Morgan fingerprint density at radius 2 is 2.33 bits per heavy atom. The minimum atomic E-state index is 0.622. The number of nitrogens with zero attached hydrogens (tertiary/aromatic N) is 1. The third kappa shape index (κ3) is 1.13. The average Bonchev–Trinajstić information content (AvgIpc) is 2.10. The second kappa shape index (κ2) is 2.23. The van der Waals surface area contributed by atoms with E-state index in [1.165, 1.54) is 11.3 Å². The highest BCUT2D eigenvalue weighted by molar-refractivity contribution is 7.19. The van der Waals surface area contributed by atoms with Crippen LogP contribution in [-0.2, 0) is 0 Å². The normalized spacial score (nSPS) is 9.56. The summed E-state index contributed by atoms with van der Waals surface area (Å²) in [5, 5.41) is 4.66. The molecule has 1 rings (SSSR count). The van der Waals surface area contributed by atoms with Crippen LogP contribution in [-0.4, -0.2) is 12.0 Å². The molecule has 1 aromatic rings. The molecular formula is C5H9N3S. The lowest BCUT2D eigenvalue weighted by Gasteiger charge is -1.90. The van der Waals surface area contributed by atoms with Crippen LogP contribution in [0, 0.1) is 6.92 Å². The Morgan fingerprint density at radius 1 is 1.67 bits per heavy atom. The highest BCUT2D eigenvalue weighted by atomic mass is 32.1. The van der Waals surface area contributed by atoms with Gasteiger partial charge in [0.05, 0.1) is 5.69 Å². The van der Waals surface area contributed by atoms with Crippen LogP contribution in [0.4, 0.5) is 10.1 Å². The van der Waals surface area contributed by atoms with Crippen LogP contribution < -0.4 is 11.1 Å². The van der Waals surface area contributed by atoms with Crippen molar-refractivity contribution in [2.24, 2.45) is 0 Å². The Bertz CT molecular complexity index is 206. The van der Waals surface area contributed by atoms with Gasteiger partial charge in [0.15, 0.2) is 5.13 Å². The summed E-state index contributed by atoms with van der Waals surface area (Å²) >= 11 is 1.47. The maximum atomic E-state index is 5.42. The number of aromatic nitrogens is 1. The lowest BCUT2D eigenvalue weighted by atomic mass is 10.5. The number of nitrogen functional groups attached to an aromatic ring is 1. The van der Waals surface area contributed by atoms with Crippen LogP contribution in [0.1, 0.15) is 5.69 Å². The summed E-state index contributed by atoms with van der Waals surface area (Å²) in [6.07, 6.45) is 0. The first-order valence-electron chi connectivity index (χ1n) is 2.64. The monoisotopic (exact) mass is 143 g/mol. The van der Waals surface area contributed by atoms with Crippen molar-refractivity contribution in [1.29, 1.82) is 0 Å². The minimum Gasteiger partial charge on any atom is -0.378 e. The van der Waals surface area contributed by atoms with E-state index in [4.69, 9.17) is 5.73 Å². The molecule has 50 valence electrons. The summed E-state index contributed by atoms with van der Waals surface area (Å²) in [5.74, 6) is 0. The van der Waals surface area contributed by atoms with Crippen LogP contribution in [0.25, 0.3) is 0 Å². The number of nitrogens with one attached hydrogen (secondary N) is 1. The predicted molar refractivity (Wildman–Crippen MR) is 40.8 cm³/mol. The van der Waals surface area contributed by atoms with E-state index in [-0.39, 0.29) is 0 Å². The molecule has 4 heteroatoms. The third-order valence-corrected chi connectivity index (χ3v) is 2.04. The second-order valence-corrected chi connectivity index (χ2v) is 2.75. The van der Waals surface area contributed by atoms with Gasteiger partial charge >= 0.3 is 0 Å². The van der Waals surface area contributed by atoms with Crippen molar-refractivity contribution in [1.82, 2.24) is 4.98 Å². The molecular weight excluding hydrogens is 134 g/mol. The summed E-state index contributed by atoms with van der Waals surface area (Å²) < 4.78 is 0. The second-order valence-electron chi connectivity index (χ2n) is 1.72. The number of aryl methyl sites for hydroxylation is 1. The van der Waals surface area contributed by atoms with Gasteiger partial charge in [-0.05, 0) is 6.92 Å². The van der Waals surface area contributed by atoms with Crippen molar-refractivity contribution in [2.45, 2.75) is 6.92 Å². The molecule has 1 heterocycles. The standard InChI is InChI=1S/C5H9N3S/c1-3-4(7-2)9-5(6)8-3/h7H,1-2H3,(H2,6,8). The quantitative estimate of drug-likeness (QED) is 0.618. The lowest BCUT2D eigenvalue weighted by molar-refractivity contribution is 1.26. The molecule has 0 aliphatic heterocycles. The number of anilines is 2. The van der Waals surface area contributed by atoms with Crippen molar-refractivity contribution < 1.29 is 0 Å². The van der Waals surface area contributed by atoms with Gasteiger partial charge in [-0.1, -0.05) is 11.3 Å². The SMILES string of the molecule is CNc1sc(N)nc1C. The van der Waals surface area contributed by atoms with Crippen LogP contribution in [0.3, 0.4) is 0 Å². The highest BCUT2D eigenvalue weighted by Gasteiger charge is 2.00. The molecule has 0 aliphatic carbocycles. The summed E-state index contributed by atoms with van der Waals surface area (Å²) in [6.45, 7) is 1.93. The van der Waals surface area contributed by atoms with E-state index < -0.39 is 0 Å². The fraction of sp³-hybridized carbons (Fsp3) is 0.400. The van der Waals surface area contributed by atoms with Gasteiger partial charge in [0.25, 0.3) is 0 Å². The van der Waals surface area contributed by atoms with Gasteiger partial charge in [0.1, 0.15) is 5.00 Å². The number of hydrogen-bond acceptors (Lipinski definition) is 4. The van der Waals surface area contributed by atoms with Crippen molar-refractivity contribution in [3.63, 3.8) is 0 Å². The number of hydrogen-bond donors (Lipinski definition) is 2. The smallest absolute Gasteiger partial charge is 0.182 e. The van der Waals surface area contributed by atoms with Crippen molar-refractivity contribution in [3.8, 4) is 0 Å². The molecule has 0 unspecified atom stereocenters. The first-order valence-corrected chi connectivity index (χ1v) is 3.46. The van der Waals surface area contributed by atoms with E-state index in [2.05, 4.69) is 10.3 Å². The lowest BCUT2D eigenvalue weighted by Crippen LogP contribution is -1.85. The molecule has 0 saturated carbocycles. The zero-order valence-electron chi connectivity index (χ0n) is 5.43. The van der Waals surface area contributed by atoms with E-state index >= 15 is 0 Å². The molecule has 0 spiro atoms. The zero-order chi connectivity index (χ0) is 6.85. The summed E-state index contributed by atoms with van der Waals surface area (Å²) in [4.78, 5) is 4.02. The highest BCUT2D eigenvalue weighted by Crippen LogP contribution is 2.24. The van der Waals surface area contributed by atoms with Crippen molar-refractivity contribution in [3.05, 3.63) is 5.69 Å². The first-order chi connectivity index (χ1) is 4.24. The van der Waals surface area contributed by atoms with Crippen LogP contribution in [0.5, 0.6) is 0 Å². The molecule has 0 radical (unpaired) electrons. The summed E-state index contributed by atoms with van der Waals surface area (Å²) in [7, 11) is 1.86. The Morgan fingerprint density at radius 3 is 2.56 bits per heavy atom. The van der Waals surface area contributed by atoms with Crippen molar-refractivity contribution >= 4 is 21.5 Å². The Kier molecular flexibility index (Phi) is 1.57. The summed E-state index contributed by atoms with van der Waals surface area (Å²) in [6, 6.07) is 0. The van der Waals surface area contributed by atoms with Gasteiger partial charge in [-0.3, -0.25) is 0 Å². The number of rotatable bonds is 1. The Labute approximate surface area is 57.9 Å². The molecule has 1 aromatic heterocycles. The van der Waals surface area contributed by atoms with Crippen LogP contribution in [0.15, 0.2) is 0 Å². The van der Waals surface area contributed by atoms with Gasteiger partial charge in [-0.15, -0.1) is 0 Å². The van der Waals surface area contributed by atoms with Gasteiger partial charge in [-0.2, -0.15) is 0 Å². The van der Waals surface area contributed by atoms with Crippen LogP contribution >= 0.6 is 11.3 Å². The van der Waals surface area contributed by atoms with E-state index in [1.807, 2.05) is 14.0 Å². The zero-order valence-corrected chi connectivity index (χ0v) is 6.25. The van der Waals surface area contributed by atoms with E-state index in [9.17, 15) is 0 Å². The van der Waals surface area contributed by atoms with Crippen LogP contribution in [0.2, 0.25) is 0 Å². The van der Waals surface area contributed by atoms with E-state index in [0.717, 1.165) is 10.7 Å². The largest absolute Gasteiger partial charge is 0.378 e. The fourth-order valence-electron chi connectivity index (χ4n) is 0.649. The van der Waals surface area contributed by atoms with E-state index in [1.54, 1.807) is 0 Å². The molecule has 0 amide bonds. The van der Waals surface area contributed by atoms with E-state index in [0.29, 0.717) is 5.13 Å². The maximum Gasteiger partial charge on any atom is 0.182 e. The maximum absolute atomic E-state index is 5.42. The molecule has 0 fully saturated rings. The van der Waals surface area contributed by atoms with Gasteiger partial charge < -0.3 is 11.1 Å². The predicted octanol–water partition coefficient (Wildman–Crippen LogP) is 1.08. The average molecular weight is 143 g/mol. The molecule has 0 aliphatic rings. The Hall–Kier alpha value is -0.770. The molecule has 3 nitrogen and oxygen atoms in total. The molecule has 0 bridgehead atoms. The van der Waals surface area contributed by atoms with Gasteiger partial charge in [0.2, 0.25) is 0 Å². The number of nitrogens with two attached hydrogens (primary N) is 1. The first kappa shape index (κ1) is 6.35. The Balaban J connectivity index is 3.01. The molecule has 0 saturated heterocycles. The van der Waals surface area contributed by atoms with Gasteiger partial charge in [-0.25, -0.2) is 4.98 Å². The molecule has 9 heavy (non-hydrogen) atoms. The third-order valence-electron chi connectivity index (χ3n) is 1.04. The summed E-state index contributed by atoms with van der Waals surface area (Å²) in [5.41, 5.74) is 6.39.